The lowest BCUT2D eigenvalue weighted by Gasteiger charge is -2.13. The number of rotatable bonds is 5. The van der Waals surface area contributed by atoms with Crippen LogP contribution < -0.4 is 11.1 Å². The molecule has 0 radical (unpaired) electrons. The molecular weight excluding hydrogens is 321 g/mol. The summed E-state index contributed by atoms with van der Waals surface area (Å²) in [5.41, 5.74) is 6.94. The van der Waals surface area contributed by atoms with E-state index in [2.05, 4.69) is 5.32 Å². The van der Waals surface area contributed by atoms with E-state index in [1.54, 1.807) is 53.1 Å². The first-order chi connectivity index (χ1) is 12.0. The van der Waals surface area contributed by atoms with Crippen LogP contribution >= 0.6 is 0 Å². The van der Waals surface area contributed by atoms with Gasteiger partial charge in [-0.3, -0.25) is 9.59 Å². The van der Waals surface area contributed by atoms with Gasteiger partial charge in [0.05, 0.1) is 0 Å². The third-order valence-corrected chi connectivity index (χ3v) is 3.76. The Hall–Kier alpha value is -3.41. The van der Waals surface area contributed by atoms with Crippen molar-refractivity contribution < 1.29 is 14.0 Å². The predicted octanol–water partition coefficient (Wildman–Crippen LogP) is 3.03. The molecule has 2 amide bonds. The normalized spacial score (nSPS) is 10.4. The summed E-state index contributed by atoms with van der Waals surface area (Å²) in [5, 5.41) is 2.78. The van der Waals surface area contributed by atoms with Gasteiger partial charge in [-0.1, -0.05) is 30.3 Å². The number of hydrogen-bond donors (Lipinski definition) is 2. The number of nitrogens with one attached hydrogen (secondary N) is 1. The number of primary amides is 1. The fourth-order valence-corrected chi connectivity index (χ4v) is 2.51. The molecule has 3 rings (SSSR count). The second kappa shape index (κ2) is 7.00. The summed E-state index contributed by atoms with van der Waals surface area (Å²) >= 11 is 0. The van der Waals surface area contributed by atoms with Crippen molar-refractivity contribution in [2.75, 3.05) is 5.32 Å². The second-order valence-corrected chi connectivity index (χ2v) is 5.50. The summed E-state index contributed by atoms with van der Waals surface area (Å²) < 4.78 is 14.7. The molecule has 0 atom stereocenters. The standard InChI is InChI=1S/C19H16FN3O2/c20-15-8-6-13(7-9-15)12-23-16(18(21)24)10-11-17(23)22-19(25)14-4-2-1-3-5-14/h1-11H,12H2,(H2,21,24)(H,22,25). The van der Waals surface area contributed by atoms with Gasteiger partial charge in [-0.2, -0.15) is 0 Å². The molecule has 0 saturated heterocycles. The fraction of sp³-hybridized carbons (Fsp3) is 0.0526. The Labute approximate surface area is 143 Å². The summed E-state index contributed by atoms with van der Waals surface area (Å²) in [6.45, 7) is 0.274. The first-order valence-electron chi connectivity index (χ1n) is 7.65. The summed E-state index contributed by atoms with van der Waals surface area (Å²) in [4.78, 5) is 24.0. The van der Waals surface area contributed by atoms with E-state index >= 15 is 0 Å². The number of carbonyl (C=O) groups is 2. The highest BCUT2D eigenvalue weighted by Crippen LogP contribution is 2.18. The van der Waals surface area contributed by atoms with Gasteiger partial charge in [-0.05, 0) is 42.0 Å². The van der Waals surface area contributed by atoms with Crippen LogP contribution in [-0.4, -0.2) is 16.4 Å². The van der Waals surface area contributed by atoms with Gasteiger partial charge in [-0.25, -0.2) is 4.39 Å². The minimum atomic E-state index is -0.609. The Morgan fingerprint density at radius 3 is 2.28 bits per heavy atom. The van der Waals surface area contributed by atoms with E-state index in [9.17, 15) is 14.0 Å². The van der Waals surface area contributed by atoms with Crippen molar-refractivity contribution in [3.05, 3.63) is 89.4 Å². The summed E-state index contributed by atoms with van der Waals surface area (Å²) in [6, 6.07) is 17.8. The molecule has 0 bridgehead atoms. The molecule has 126 valence electrons. The fourth-order valence-electron chi connectivity index (χ4n) is 2.51. The highest BCUT2D eigenvalue weighted by molar-refractivity contribution is 6.04. The zero-order valence-corrected chi connectivity index (χ0v) is 13.3. The smallest absolute Gasteiger partial charge is 0.265 e. The van der Waals surface area contributed by atoms with Gasteiger partial charge in [-0.15, -0.1) is 0 Å². The van der Waals surface area contributed by atoms with E-state index in [1.807, 2.05) is 6.07 Å². The highest BCUT2D eigenvalue weighted by atomic mass is 19.1. The highest BCUT2D eigenvalue weighted by Gasteiger charge is 2.15. The number of anilines is 1. The van der Waals surface area contributed by atoms with Crippen LogP contribution in [0.15, 0.2) is 66.7 Å². The summed E-state index contributed by atoms with van der Waals surface area (Å²) in [6.07, 6.45) is 0. The van der Waals surface area contributed by atoms with Gasteiger partial charge < -0.3 is 15.6 Å². The van der Waals surface area contributed by atoms with Gasteiger partial charge >= 0.3 is 0 Å². The first-order valence-corrected chi connectivity index (χ1v) is 7.65. The minimum absolute atomic E-state index is 0.257. The van der Waals surface area contributed by atoms with E-state index in [-0.39, 0.29) is 24.0 Å². The Bertz CT molecular complexity index is 902. The number of carbonyl (C=O) groups excluding carboxylic acids is 2. The number of aromatic nitrogens is 1. The van der Waals surface area contributed by atoms with E-state index < -0.39 is 5.91 Å². The quantitative estimate of drug-likeness (QED) is 0.751. The third-order valence-electron chi connectivity index (χ3n) is 3.76. The second-order valence-electron chi connectivity index (χ2n) is 5.50. The first kappa shape index (κ1) is 16.4. The Morgan fingerprint density at radius 2 is 1.64 bits per heavy atom. The van der Waals surface area contributed by atoms with Crippen LogP contribution in [-0.2, 0) is 6.54 Å². The van der Waals surface area contributed by atoms with Gasteiger partial charge in [0.2, 0.25) is 0 Å². The van der Waals surface area contributed by atoms with Crippen LogP contribution in [0.4, 0.5) is 10.2 Å². The molecule has 0 aliphatic heterocycles. The maximum absolute atomic E-state index is 13.1. The third kappa shape index (κ3) is 3.74. The molecule has 6 heteroatoms. The van der Waals surface area contributed by atoms with Gasteiger partial charge in [0.25, 0.3) is 11.8 Å². The Morgan fingerprint density at radius 1 is 0.960 bits per heavy atom. The van der Waals surface area contributed by atoms with E-state index in [1.165, 1.54) is 12.1 Å². The maximum atomic E-state index is 13.1. The van der Waals surface area contributed by atoms with Crippen molar-refractivity contribution in [2.24, 2.45) is 5.73 Å². The van der Waals surface area contributed by atoms with Crippen molar-refractivity contribution in [1.82, 2.24) is 4.57 Å². The molecule has 1 heterocycles. The monoisotopic (exact) mass is 337 g/mol. The Balaban J connectivity index is 1.90. The average molecular weight is 337 g/mol. The zero-order valence-electron chi connectivity index (χ0n) is 13.3. The molecule has 0 saturated carbocycles. The molecule has 0 aliphatic carbocycles. The lowest BCUT2D eigenvalue weighted by atomic mass is 10.2. The van der Waals surface area contributed by atoms with Crippen LogP contribution in [0.5, 0.6) is 0 Å². The number of nitrogens with zero attached hydrogens (tertiary/aromatic N) is 1. The van der Waals surface area contributed by atoms with Gasteiger partial charge in [0.15, 0.2) is 0 Å². The summed E-state index contributed by atoms with van der Waals surface area (Å²) in [5.74, 6) is -0.812. The van der Waals surface area contributed by atoms with Crippen molar-refractivity contribution in [1.29, 1.82) is 0 Å². The molecule has 1 aromatic heterocycles. The van der Waals surface area contributed by atoms with E-state index in [0.29, 0.717) is 11.4 Å². The number of amides is 2. The van der Waals surface area contributed by atoms with E-state index in [0.717, 1.165) is 5.56 Å². The topological polar surface area (TPSA) is 77.1 Å². The van der Waals surface area contributed by atoms with Crippen LogP contribution in [0.1, 0.15) is 26.4 Å². The molecule has 0 unspecified atom stereocenters. The van der Waals surface area contributed by atoms with Crippen molar-refractivity contribution in [2.45, 2.75) is 6.54 Å². The van der Waals surface area contributed by atoms with Crippen LogP contribution in [0.25, 0.3) is 0 Å². The minimum Gasteiger partial charge on any atom is -0.364 e. The van der Waals surface area contributed by atoms with Crippen LogP contribution in [0.3, 0.4) is 0 Å². The van der Waals surface area contributed by atoms with Crippen LogP contribution in [0.2, 0.25) is 0 Å². The Kier molecular flexibility index (Phi) is 4.61. The molecule has 5 nitrogen and oxygen atoms in total. The number of halogens is 1. The molecule has 25 heavy (non-hydrogen) atoms. The molecular formula is C19H16FN3O2. The number of benzene rings is 2. The summed E-state index contributed by atoms with van der Waals surface area (Å²) in [7, 11) is 0. The lowest BCUT2D eigenvalue weighted by molar-refractivity contribution is 0.0987. The van der Waals surface area contributed by atoms with Crippen molar-refractivity contribution in [3.8, 4) is 0 Å². The molecule has 0 aliphatic rings. The van der Waals surface area contributed by atoms with Crippen LogP contribution in [0, 0.1) is 5.82 Å². The largest absolute Gasteiger partial charge is 0.364 e. The molecule has 0 spiro atoms. The van der Waals surface area contributed by atoms with Crippen molar-refractivity contribution >= 4 is 17.6 Å². The lowest BCUT2D eigenvalue weighted by Crippen LogP contribution is -2.21. The number of nitrogens with two attached hydrogens (primary N) is 1. The molecule has 0 fully saturated rings. The van der Waals surface area contributed by atoms with Crippen molar-refractivity contribution in [3.63, 3.8) is 0 Å². The van der Waals surface area contributed by atoms with E-state index in [4.69, 9.17) is 5.73 Å². The van der Waals surface area contributed by atoms with Gasteiger partial charge in [0.1, 0.15) is 17.3 Å². The maximum Gasteiger partial charge on any atom is 0.265 e. The molecule has 2 aromatic carbocycles. The number of hydrogen-bond acceptors (Lipinski definition) is 2. The SMILES string of the molecule is NC(=O)c1ccc(NC(=O)c2ccccc2)n1Cc1ccc(F)cc1. The molecule has 3 aromatic rings. The zero-order chi connectivity index (χ0) is 17.8. The average Bonchev–Trinajstić information content (AvgIpc) is 3.00. The van der Waals surface area contributed by atoms with Gasteiger partial charge in [0, 0.05) is 12.1 Å². The predicted molar refractivity (Wildman–Crippen MR) is 92.8 cm³/mol. The molecule has 3 N–H and O–H groups in total.